The van der Waals surface area contributed by atoms with Crippen molar-refractivity contribution in [1.29, 1.82) is 0 Å². The maximum atomic E-state index is 5.28. The number of hydrogen-bond acceptors (Lipinski definition) is 4. The van der Waals surface area contributed by atoms with Gasteiger partial charge in [-0.1, -0.05) is 146 Å². The van der Waals surface area contributed by atoms with Gasteiger partial charge in [0, 0.05) is 44.0 Å². The largest absolute Gasteiger partial charge is 0.245 e. The molecule has 0 bridgehead atoms. The Morgan fingerprint density at radius 3 is 1.60 bits per heavy atom. The molecule has 3 heterocycles. The lowest BCUT2D eigenvalue weighted by molar-refractivity contribution is 1.18. The van der Waals surface area contributed by atoms with E-state index in [0.29, 0.717) is 5.82 Å². The van der Waals surface area contributed by atoms with Crippen LogP contribution in [0.1, 0.15) is 0 Å². The summed E-state index contributed by atoms with van der Waals surface area (Å²) in [4.78, 5) is 20.6. The third-order valence-electron chi connectivity index (χ3n) is 8.85. The Hall–Kier alpha value is -6.52. The molecule has 3 aromatic heterocycles. The Labute approximate surface area is 278 Å². The Morgan fingerprint density at radius 2 is 0.896 bits per heavy atom. The highest BCUT2D eigenvalue weighted by molar-refractivity contribution is 6.16. The molecule has 4 heteroatoms. The van der Waals surface area contributed by atoms with E-state index in [0.717, 1.165) is 77.6 Å². The molecule has 6 aromatic carbocycles. The van der Waals surface area contributed by atoms with E-state index in [-0.39, 0.29) is 0 Å². The van der Waals surface area contributed by atoms with Crippen molar-refractivity contribution in [2.75, 3.05) is 0 Å². The van der Waals surface area contributed by atoms with Gasteiger partial charge in [-0.05, 0) is 29.8 Å². The Balaban J connectivity index is 1.21. The molecule has 0 amide bonds. The number of fused-ring (bicyclic) bond motifs is 4. The fraction of sp³-hybridized carbons (Fsp3) is 0. The highest BCUT2D eigenvalue weighted by atomic mass is 14.9. The van der Waals surface area contributed by atoms with Crippen molar-refractivity contribution < 1.29 is 0 Å². The van der Waals surface area contributed by atoms with Crippen molar-refractivity contribution in [3.05, 3.63) is 170 Å². The van der Waals surface area contributed by atoms with Gasteiger partial charge in [-0.3, -0.25) is 0 Å². The molecule has 0 fully saturated rings. The van der Waals surface area contributed by atoms with Crippen LogP contribution in [-0.4, -0.2) is 19.9 Å². The molecule has 0 aliphatic carbocycles. The molecular weight excluding hydrogens is 585 g/mol. The van der Waals surface area contributed by atoms with E-state index in [2.05, 4.69) is 127 Å². The molecule has 0 unspecified atom stereocenters. The monoisotopic (exact) mass is 612 g/mol. The molecule has 0 aliphatic heterocycles. The molecule has 0 saturated carbocycles. The second-order valence-electron chi connectivity index (χ2n) is 11.9. The van der Waals surface area contributed by atoms with Gasteiger partial charge in [0.15, 0.2) is 5.82 Å². The summed E-state index contributed by atoms with van der Waals surface area (Å²) in [6.07, 6.45) is 0. The number of benzene rings is 6. The van der Waals surface area contributed by atoms with Crippen molar-refractivity contribution in [3.8, 4) is 56.3 Å². The van der Waals surface area contributed by atoms with Gasteiger partial charge in [0.25, 0.3) is 0 Å². The lowest BCUT2D eigenvalue weighted by atomic mass is 9.95. The topological polar surface area (TPSA) is 51.6 Å². The summed E-state index contributed by atoms with van der Waals surface area (Å²) in [6.45, 7) is 0. The predicted molar refractivity (Wildman–Crippen MR) is 197 cm³/mol. The number of aromatic nitrogens is 4. The van der Waals surface area contributed by atoms with E-state index in [9.17, 15) is 0 Å². The summed E-state index contributed by atoms with van der Waals surface area (Å²) in [5.74, 6) is 0.670. The van der Waals surface area contributed by atoms with Crippen LogP contribution in [0.25, 0.3) is 89.0 Å². The molecule has 0 atom stereocenters. The second-order valence-corrected chi connectivity index (χ2v) is 11.9. The van der Waals surface area contributed by atoms with E-state index < -0.39 is 0 Å². The van der Waals surface area contributed by atoms with Crippen molar-refractivity contribution in [2.24, 2.45) is 0 Å². The third-order valence-corrected chi connectivity index (χ3v) is 8.85. The zero-order valence-electron chi connectivity index (χ0n) is 26.0. The van der Waals surface area contributed by atoms with Gasteiger partial charge in [0.05, 0.1) is 33.6 Å². The lowest BCUT2D eigenvalue weighted by Gasteiger charge is -2.13. The smallest absolute Gasteiger partial charge is 0.160 e. The summed E-state index contributed by atoms with van der Waals surface area (Å²) in [5.41, 5.74) is 11.7. The van der Waals surface area contributed by atoms with E-state index in [1.54, 1.807) is 0 Å². The average Bonchev–Trinajstić information content (AvgIpc) is 3.17. The van der Waals surface area contributed by atoms with Gasteiger partial charge in [0.1, 0.15) is 0 Å². The maximum absolute atomic E-state index is 5.28. The fourth-order valence-corrected chi connectivity index (χ4v) is 6.52. The minimum Gasteiger partial charge on any atom is -0.245 e. The SMILES string of the molecule is c1ccc(-c2cc(-c3ccccc3)nc(-c3cccc(-c4ccc5ccc6c(-c7ccccc7)c7ccccc7nc6c5n4)c3)n2)cc1. The highest BCUT2D eigenvalue weighted by Crippen LogP contribution is 2.38. The van der Waals surface area contributed by atoms with Crippen LogP contribution in [0.5, 0.6) is 0 Å². The molecule has 0 radical (unpaired) electrons. The number of para-hydroxylation sites is 1. The van der Waals surface area contributed by atoms with Crippen LogP contribution in [0.4, 0.5) is 0 Å². The van der Waals surface area contributed by atoms with Gasteiger partial charge in [-0.15, -0.1) is 0 Å². The van der Waals surface area contributed by atoms with Gasteiger partial charge >= 0.3 is 0 Å². The van der Waals surface area contributed by atoms with Crippen molar-refractivity contribution in [3.63, 3.8) is 0 Å². The first-order valence-electron chi connectivity index (χ1n) is 16.1. The first-order chi connectivity index (χ1) is 23.8. The van der Waals surface area contributed by atoms with Gasteiger partial charge in [0.2, 0.25) is 0 Å². The van der Waals surface area contributed by atoms with Gasteiger partial charge < -0.3 is 0 Å². The second kappa shape index (κ2) is 11.7. The highest BCUT2D eigenvalue weighted by Gasteiger charge is 2.16. The summed E-state index contributed by atoms with van der Waals surface area (Å²) in [6, 6.07) is 58.4. The van der Waals surface area contributed by atoms with Crippen molar-refractivity contribution in [1.82, 2.24) is 19.9 Å². The normalized spacial score (nSPS) is 11.3. The van der Waals surface area contributed by atoms with Crippen molar-refractivity contribution >= 4 is 32.7 Å². The number of pyridine rings is 2. The summed E-state index contributed by atoms with van der Waals surface area (Å²) in [7, 11) is 0. The summed E-state index contributed by atoms with van der Waals surface area (Å²) in [5, 5.41) is 3.27. The first-order valence-corrected chi connectivity index (χ1v) is 16.1. The van der Waals surface area contributed by atoms with Crippen LogP contribution in [0.3, 0.4) is 0 Å². The number of nitrogens with zero attached hydrogens (tertiary/aromatic N) is 4. The molecule has 0 saturated heterocycles. The van der Waals surface area contributed by atoms with Crippen LogP contribution < -0.4 is 0 Å². The zero-order chi connectivity index (χ0) is 31.9. The quantitative estimate of drug-likeness (QED) is 0.143. The van der Waals surface area contributed by atoms with Crippen LogP contribution in [-0.2, 0) is 0 Å². The van der Waals surface area contributed by atoms with E-state index in [1.807, 2.05) is 42.5 Å². The molecule has 48 heavy (non-hydrogen) atoms. The molecule has 0 aliphatic rings. The molecule has 9 aromatic rings. The number of hydrogen-bond donors (Lipinski definition) is 0. The average molecular weight is 613 g/mol. The molecule has 9 rings (SSSR count). The Bertz CT molecular complexity index is 2540. The molecule has 224 valence electrons. The third kappa shape index (κ3) is 4.97. The van der Waals surface area contributed by atoms with E-state index in [4.69, 9.17) is 19.9 Å². The lowest BCUT2D eigenvalue weighted by Crippen LogP contribution is -1.96. The van der Waals surface area contributed by atoms with E-state index >= 15 is 0 Å². The molecular formula is C44H28N4. The molecule has 0 N–H and O–H groups in total. The predicted octanol–water partition coefficient (Wildman–Crippen LogP) is 11.1. The first kappa shape index (κ1) is 27.8. The van der Waals surface area contributed by atoms with Gasteiger partial charge in [-0.2, -0.15) is 0 Å². The summed E-state index contributed by atoms with van der Waals surface area (Å²) < 4.78 is 0. The van der Waals surface area contributed by atoms with Crippen LogP contribution in [0.2, 0.25) is 0 Å². The molecule has 0 spiro atoms. The standard InChI is InChI=1S/C44H28N4/c1-4-13-29(14-5-1)39-28-40(30-15-6-2-7-16-30)48-44(47-39)34-20-12-19-33(27-34)37-26-24-32-23-25-36-41(31-17-8-3-9-18-31)35-21-10-11-22-38(35)46-43(36)42(32)45-37/h1-28H. The van der Waals surface area contributed by atoms with E-state index in [1.165, 1.54) is 5.56 Å². The van der Waals surface area contributed by atoms with Crippen molar-refractivity contribution in [2.45, 2.75) is 0 Å². The Morgan fingerprint density at radius 1 is 0.312 bits per heavy atom. The minimum atomic E-state index is 0.670. The minimum absolute atomic E-state index is 0.670. The summed E-state index contributed by atoms with van der Waals surface area (Å²) >= 11 is 0. The van der Waals surface area contributed by atoms with Gasteiger partial charge in [-0.25, -0.2) is 19.9 Å². The number of rotatable bonds is 5. The fourth-order valence-electron chi connectivity index (χ4n) is 6.52. The van der Waals surface area contributed by atoms with Crippen LogP contribution in [0.15, 0.2) is 170 Å². The maximum Gasteiger partial charge on any atom is 0.160 e. The van der Waals surface area contributed by atoms with Crippen LogP contribution in [0, 0.1) is 0 Å². The van der Waals surface area contributed by atoms with Crippen LogP contribution >= 0.6 is 0 Å². The molecule has 4 nitrogen and oxygen atoms in total. The zero-order valence-corrected chi connectivity index (χ0v) is 26.0. The Kier molecular flexibility index (Phi) is 6.76.